The van der Waals surface area contributed by atoms with Crippen molar-refractivity contribution in [2.45, 2.75) is 26.2 Å². The summed E-state index contributed by atoms with van der Waals surface area (Å²) in [4.78, 5) is 21.6. The third-order valence-electron chi connectivity index (χ3n) is 1.86. The average molecular weight is 239 g/mol. The van der Waals surface area contributed by atoms with Gasteiger partial charge in [0.15, 0.2) is 0 Å². The van der Waals surface area contributed by atoms with Crippen LogP contribution in [0.5, 0.6) is 0 Å². The highest BCUT2D eigenvalue weighted by Gasteiger charge is 2.06. The molecule has 3 N–H and O–H groups in total. The molecule has 0 bridgehead atoms. The minimum absolute atomic E-state index is 0.00576. The van der Waals surface area contributed by atoms with Crippen LogP contribution >= 0.6 is 0 Å². The first-order valence-corrected chi connectivity index (χ1v) is 5.45. The number of carbonyl (C=O) groups excluding carboxylic acids is 1. The summed E-state index contributed by atoms with van der Waals surface area (Å²) in [6.07, 6.45) is 2.62. The van der Waals surface area contributed by atoms with Crippen molar-refractivity contribution in [2.24, 2.45) is 0 Å². The third-order valence-corrected chi connectivity index (χ3v) is 1.86. The maximum absolute atomic E-state index is 11.4. The lowest BCUT2D eigenvalue weighted by Gasteiger charge is -2.03. The van der Waals surface area contributed by atoms with Gasteiger partial charge in [0.05, 0.1) is 0 Å². The Morgan fingerprint density at radius 1 is 1.41 bits per heavy atom. The van der Waals surface area contributed by atoms with Gasteiger partial charge in [0.1, 0.15) is 11.6 Å². The average Bonchev–Trinajstić information content (AvgIpc) is 2.30. The van der Waals surface area contributed by atoms with Gasteiger partial charge in [0, 0.05) is 25.7 Å². The lowest BCUT2D eigenvalue weighted by Crippen LogP contribution is -2.26. The first-order valence-electron chi connectivity index (χ1n) is 5.45. The van der Waals surface area contributed by atoms with E-state index < -0.39 is 11.9 Å². The molecule has 0 aliphatic heterocycles. The van der Waals surface area contributed by atoms with E-state index in [1.54, 1.807) is 6.07 Å². The number of rotatable bonds is 8. The van der Waals surface area contributed by atoms with Gasteiger partial charge in [-0.3, -0.25) is 9.59 Å². The molecular formula is C11H17N3O3. The summed E-state index contributed by atoms with van der Waals surface area (Å²) in [6, 6.07) is 1.78. The quantitative estimate of drug-likeness (QED) is 0.323. The number of carboxylic acids is 1. The lowest BCUT2D eigenvalue weighted by molar-refractivity contribution is -0.137. The number of nitrogens with one attached hydrogen (secondary N) is 2. The Morgan fingerprint density at radius 3 is 2.65 bits per heavy atom. The summed E-state index contributed by atoms with van der Waals surface area (Å²) in [7, 11) is 0. The van der Waals surface area contributed by atoms with Crippen molar-refractivity contribution in [2.75, 3.05) is 13.1 Å². The first kappa shape index (κ1) is 15.0. The normalized spacial score (nSPS) is 10.5. The predicted octanol–water partition coefficient (Wildman–Crippen LogP) is 0.374. The molecule has 0 saturated heterocycles. The fraction of sp³-hybridized carbons (Fsp3) is 0.545. The second kappa shape index (κ2) is 9.21. The topological polar surface area (TPSA) is 102 Å². The van der Waals surface area contributed by atoms with Crippen LogP contribution < -0.4 is 10.6 Å². The minimum atomic E-state index is -0.864. The van der Waals surface area contributed by atoms with Gasteiger partial charge in [-0.05, 0) is 12.8 Å². The van der Waals surface area contributed by atoms with Crippen LogP contribution in [0.3, 0.4) is 0 Å². The Kier molecular flexibility index (Phi) is 8.11. The van der Waals surface area contributed by atoms with Gasteiger partial charge in [0.25, 0.3) is 5.91 Å². The zero-order valence-corrected chi connectivity index (χ0v) is 9.82. The van der Waals surface area contributed by atoms with Gasteiger partial charge in [-0.2, -0.15) is 5.26 Å². The summed E-state index contributed by atoms with van der Waals surface area (Å²) in [5.74, 6) is -1.28. The minimum Gasteiger partial charge on any atom is -0.481 e. The smallest absolute Gasteiger partial charge is 0.303 e. The molecule has 94 valence electrons. The van der Waals surface area contributed by atoms with Crippen molar-refractivity contribution in [3.63, 3.8) is 0 Å². The Hall–Kier alpha value is -2.03. The molecular weight excluding hydrogens is 222 g/mol. The number of hydrogen-bond donors (Lipinski definition) is 3. The molecule has 1 amide bonds. The van der Waals surface area contributed by atoms with E-state index in [9.17, 15) is 9.59 Å². The second-order valence-electron chi connectivity index (χ2n) is 3.38. The van der Waals surface area contributed by atoms with Crippen LogP contribution in [0.4, 0.5) is 0 Å². The van der Waals surface area contributed by atoms with Gasteiger partial charge in [0.2, 0.25) is 0 Å². The molecule has 0 radical (unpaired) electrons. The molecule has 0 spiro atoms. The summed E-state index contributed by atoms with van der Waals surface area (Å²) in [6.45, 7) is 2.86. The number of amides is 1. The Morgan fingerprint density at radius 2 is 2.12 bits per heavy atom. The van der Waals surface area contributed by atoms with Crippen molar-refractivity contribution in [3.05, 3.63) is 11.8 Å². The third kappa shape index (κ3) is 7.85. The molecule has 0 rings (SSSR count). The number of aliphatic carboxylic acids is 1. The highest BCUT2D eigenvalue weighted by Crippen LogP contribution is 1.92. The molecule has 0 atom stereocenters. The molecule has 17 heavy (non-hydrogen) atoms. The van der Waals surface area contributed by atoms with Crippen LogP contribution in [0.15, 0.2) is 11.8 Å². The second-order valence-corrected chi connectivity index (χ2v) is 3.38. The van der Waals surface area contributed by atoms with Crippen LogP contribution in [-0.2, 0) is 9.59 Å². The number of carboxylic acid groups (broad SMARTS) is 1. The monoisotopic (exact) mass is 239 g/mol. The largest absolute Gasteiger partial charge is 0.481 e. The summed E-state index contributed by atoms with van der Waals surface area (Å²) < 4.78 is 0. The fourth-order valence-electron chi connectivity index (χ4n) is 0.998. The Balaban J connectivity index is 3.97. The maximum Gasteiger partial charge on any atom is 0.303 e. The van der Waals surface area contributed by atoms with E-state index in [2.05, 4.69) is 10.6 Å². The molecule has 0 aromatic carbocycles. The maximum atomic E-state index is 11.4. The van der Waals surface area contributed by atoms with Crippen LogP contribution in [-0.4, -0.2) is 30.1 Å². The van der Waals surface area contributed by atoms with E-state index in [0.717, 1.165) is 6.42 Å². The van der Waals surface area contributed by atoms with Gasteiger partial charge >= 0.3 is 5.97 Å². The highest BCUT2D eigenvalue weighted by molar-refractivity contribution is 5.97. The van der Waals surface area contributed by atoms with Crippen LogP contribution in [0.25, 0.3) is 0 Å². The van der Waals surface area contributed by atoms with E-state index in [-0.39, 0.29) is 12.0 Å². The zero-order chi connectivity index (χ0) is 13.1. The van der Waals surface area contributed by atoms with Crippen LogP contribution in [0.2, 0.25) is 0 Å². The van der Waals surface area contributed by atoms with Crippen molar-refractivity contribution >= 4 is 11.9 Å². The molecule has 0 fully saturated rings. The number of nitrogens with zero attached hydrogens (tertiary/aromatic N) is 1. The molecule has 0 heterocycles. The van der Waals surface area contributed by atoms with E-state index in [1.165, 1.54) is 6.20 Å². The van der Waals surface area contributed by atoms with Crippen molar-refractivity contribution in [1.29, 1.82) is 5.26 Å². The number of hydrogen-bond acceptors (Lipinski definition) is 4. The van der Waals surface area contributed by atoms with Gasteiger partial charge in [-0.25, -0.2) is 0 Å². The molecule has 0 aliphatic rings. The molecule has 0 aliphatic carbocycles. The molecule has 6 nitrogen and oxygen atoms in total. The summed E-state index contributed by atoms with van der Waals surface area (Å²) in [5, 5.41) is 22.4. The highest BCUT2D eigenvalue weighted by atomic mass is 16.4. The van der Waals surface area contributed by atoms with E-state index in [0.29, 0.717) is 19.5 Å². The van der Waals surface area contributed by atoms with Crippen molar-refractivity contribution < 1.29 is 14.7 Å². The zero-order valence-electron chi connectivity index (χ0n) is 9.82. The van der Waals surface area contributed by atoms with Gasteiger partial charge in [-0.1, -0.05) is 6.92 Å². The van der Waals surface area contributed by atoms with Crippen LogP contribution in [0.1, 0.15) is 26.2 Å². The molecule has 0 unspecified atom stereocenters. The summed E-state index contributed by atoms with van der Waals surface area (Å²) in [5.41, 5.74) is -0.00576. The SMILES string of the molecule is CCCNC(=O)/C(C#N)=C\NCCCC(=O)O. The van der Waals surface area contributed by atoms with Crippen LogP contribution in [0, 0.1) is 11.3 Å². The predicted molar refractivity (Wildman–Crippen MR) is 61.9 cm³/mol. The van der Waals surface area contributed by atoms with E-state index in [4.69, 9.17) is 10.4 Å². The fourth-order valence-corrected chi connectivity index (χ4v) is 0.998. The van der Waals surface area contributed by atoms with Gasteiger partial charge in [-0.15, -0.1) is 0 Å². The molecule has 0 saturated carbocycles. The number of nitriles is 1. The van der Waals surface area contributed by atoms with Crippen molar-refractivity contribution in [1.82, 2.24) is 10.6 Å². The number of carbonyl (C=O) groups is 2. The first-order chi connectivity index (χ1) is 8.11. The molecule has 0 aromatic heterocycles. The van der Waals surface area contributed by atoms with E-state index >= 15 is 0 Å². The molecule has 6 heteroatoms. The Bertz CT molecular complexity index is 331. The van der Waals surface area contributed by atoms with Crippen molar-refractivity contribution in [3.8, 4) is 6.07 Å². The van der Waals surface area contributed by atoms with E-state index in [1.807, 2.05) is 6.92 Å². The van der Waals surface area contributed by atoms with Gasteiger partial charge < -0.3 is 15.7 Å². The Labute approximate surface area is 100 Å². The standard InChI is InChI=1S/C11H17N3O3/c1-2-5-14-11(17)9(7-12)8-13-6-3-4-10(15)16/h8,13H,2-6H2,1H3,(H,14,17)(H,15,16)/b9-8-. The summed E-state index contributed by atoms with van der Waals surface area (Å²) >= 11 is 0. The molecule has 0 aromatic rings. The lowest BCUT2D eigenvalue weighted by atomic mass is 10.3.